The van der Waals surface area contributed by atoms with Crippen LogP contribution in [-0.4, -0.2) is 50.1 Å². The highest BCUT2D eigenvalue weighted by Gasteiger charge is 2.42. The minimum atomic E-state index is -0.479. The first kappa shape index (κ1) is 18.2. The van der Waals surface area contributed by atoms with Crippen molar-refractivity contribution in [3.8, 4) is 5.75 Å². The second-order valence-corrected chi connectivity index (χ2v) is 7.17. The fourth-order valence-electron chi connectivity index (χ4n) is 3.59. The molecule has 1 aliphatic rings. The lowest BCUT2D eigenvalue weighted by Crippen LogP contribution is -3.06. The minimum absolute atomic E-state index is 0.112. The van der Waals surface area contributed by atoms with Crippen LogP contribution in [0.1, 0.15) is 27.7 Å². The van der Waals surface area contributed by atoms with Crippen LogP contribution in [0.5, 0.6) is 5.75 Å². The third kappa shape index (κ3) is 2.93. The van der Waals surface area contributed by atoms with Gasteiger partial charge in [-0.25, -0.2) is 0 Å². The molecule has 0 saturated carbocycles. The zero-order valence-corrected chi connectivity index (χ0v) is 16.1. The molecule has 0 saturated heterocycles. The average molecular weight is 380 g/mol. The third-order valence-corrected chi connectivity index (χ3v) is 5.05. The summed E-state index contributed by atoms with van der Waals surface area (Å²) in [6, 6.07) is 8.23. The van der Waals surface area contributed by atoms with Crippen molar-refractivity contribution in [2.24, 2.45) is 0 Å². The van der Waals surface area contributed by atoms with E-state index in [4.69, 9.17) is 9.15 Å². The molecular formula is C21H22N3O4+. The topological polar surface area (TPSA) is 77.1 Å². The first-order valence-corrected chi connectivity index (χ1v) is 9.16. The summed E-state index contributed by atoms with van der Waals surface area (Å²) in [5.41, 5.74) is 1.40. The van der Waals surface area contributed by atoms with E-state index in [1.54, 1.807) is 42.6 Å². The maximum absolute atomic E-state index is 13.3. The highest BCUT2D eigenvalue weighted by molar-refractivity contribution is 5.99. The SMILES string of the molecule is COc1ccc2c(=O)c3c(oc2c1)C(=O)N(CC[NH+](C)C)[C@@H]3c1ccncc1. The molecule has 0 fully saturated rings. The van der Waals surface area contributed by atoms with Crippen molar-refractivity contribution in [2.75, 3.05) is 34.3 Å². The Morgan fingerprint density at radius 3 is 2.61 bits per heavy atom. The summed E-state index contributed by atoms with van der Waals surface area (Å²) >= 11 is 0. The van der Waals surface area contributed by atoms with Crippen LogP contribution in [-0.2, 0) is 0 Å². The molecule has 28 heavy (non-hydrogen) atoms. The lowest BCUT2D eigenvalue weighted by molar-refractivity contribution is -0.857. The monoisotopic (exact) mass is 380 g/mol. The van der Waals surface area contributed by atoms with Crippen molar-refractivity contribution in [3.05, 3.63) is 69.8 Å². The van der Waals surface area contributed by atoms with E-state index in [1.165, 1.54) is 4.90 Å². The van der Waals surface area contributed by atoms with Gasteiger partial charge in [-0.2, -0.15) is 0 Å². The summed E-state index contributed by atoms with van der Waals surface area (Å²) in [7, 11) is 5.60. The van der Waals surface area contributed by atoms with E-state index in [-0.39, 0.29) is 17.1 Å². The Morgan fingerprint density at radius 2 is 1.93 bits per heavy atom. The first-order chi connectivity index (χ1) is 13.5. The number of aromatic nitrogens is 1. The summed E-state index contributed by atoms with van der Waals surface area (Å²) in [6.07, 6.45) is 3.33. The molecule has 144 valence electrons. The largest absolute Gasteiger partial charge is 0.497 e. The Labute approximate surface area is 162 Å². The van der Waals surface area contributed by atoms with Gasteiger partial charge >= 0.3 is 0 Å². The zero-order valence-electron chi connectivity index (χ0n) is 16.1. The van der Waals surface area contributed by atoms with E-state index < -0.39 is 6.04 Å². The van der Waals surface area contributed by atoms with E-state index in [2.05, 4.69) is 4.98 Å². The quantitative estimate of drug-likeness (QED) is 0.711. The summed E-state index contributed by atoms with van der Waals surface area (Å²) in [4.78, 5) is 33.5. The molecule has 1 atom stereocenters. The molecule has 0 radical (unpaired) electrons. The molecule has 0 spiro atoms. The number of likely N-dealkylation sites (N-methyl/N-ethyl adjacent to an activating group) is 1. The molecule has 0 bridgehead atoms. The van der Waals surface area contributed by atoms with Gasteiger partial charge in [0.25, 0.3) is 5.91 Å². The van der Waals surface area contributed by atoms with E-state index in [0.717, 1.165) is 12.1 Å². The number of hydrogen-bond acceptors (Lipinski definition) is 5. The van der Waals surface area contributed by atoms with Gasteiger partial charge in [0.15, 0.2) is 5.43 Å². The minimum Gasteiger partial charge on any atom is -0.497 e. The molecule has 7 heteroatoms. The molecule has 0 aliphatic carbocycles. The van der Waals surface area contributed by atoms with Crippen molar-refractivity contribution in [2.45, 2.75) is 6.04 Å². The predicted molar refractivity (Wildman–Crippen MR) is 104 cm³/mol. The normalized spacial score (nSPS) is 16.1. The number of nitrogens with one attached hydrogen (secondary N) is 1. The fraction of sp³-hybridized carbons (Fsp3) is 0.286. The number of amides is 1. The molecule has 4 rings (SSSR count). The molecule has 1 N–H and O–H groups in total. The van der Waals surface area contributed by atoms with E-state index in [0.29, 0.717) is 28.8 Å². The predicted octanol–water partition coefficient (Wildman–Crippen LogP) is 0.886. The number of ether oxygens (including phenoxy) is 1. The van der Waals surface area contributed by atoms with E-state index in [9.17, 15) is 9.59 Å². The van der Waals surface area contributed by atoms with Gasteiger partial charge in [-0.05, 0) is 29.8 Å². The number of fused-ring (bicyclic) bond motifs is 2. The summed E-state index contributed by atoms with van der Waals surface area (Å²) < 4.78 is 11.2. The van der Waals surface area contributed by atoms with Crippen LogP contribution in [0.25, 0.3) is 11.0 Å². The molecular weight excluding hydrogens is 358 g/mol. The zero-order chi connectivity index (χ0) is 19.8. The molecule has 7 nitrogen and oxygen atoms in total. The van der Waals surface area contributed by atoms with E-state index in [1.807, 2.05) is 26.2 Å². The number of hydrogen-bond donors (Lipinski definition) is 1. The second-order valence-electron chi connectivity index (χ2n) is 7.17. The van der Waals surface area contributed by atoms with Gasteiger partial charge < -0.3 is 19.0 Å². The van der Waals surface area contributed by atoms with Crippen LogP contribution >= 0.6 is 0 Å². The smallest absolute Gasteiger partial charge is 0.291 e. The highest BCUT2D eigenvalue weighted by atomic mass is 16.5. The number of carbonyl (C=O) groups excluding carboxylic acids is 1. The highest BCUT2D eigenvalue weighted by Crippen LogP contribution is 2.37. The van der Waals surface area contributed by atoms with Crippen LogP contribution in [0.2, 0.25) is 0 Å². The van der Waals surface area contributed by atoms with Crippen LogP contribution in [0.3, 0.4) is 0 Å². The lowest BCUT2D eigenvalue weighted by Gasteiger charge is -2.25. The standard InChI is InChI=1S/C21H21N3O4/c1-23(2)10-11-24-18(13-6-8-22-9-7-13)17-19(25)15-5-4-14(27-3)12-16(15)28-20(17)21(24)26/h4-9,12,18H,10-11H2,1-3H3/p+1/t18-/m1/s1. The Hall–Kier alpha value is -3.19. The molecule has 1 amide bonds. The van der Waals surface area contributed by atoms with Gasteiger partial charge in [-0.3, -0.25) is 14.6 Å². The number of pyridine rings is 1. The fourth-order valence-corrected chi connectivity index (χ4v) is 3.59. The van der Waals surface area contributed by atoms with Gasteiger partial charge in [0.1, 0.15) is 11.3 Å². The average Bonchev–Trinajstić information content (AvgIpc) is 2.99. The Balaban J connectivity index is 1.93. The van der Waals surface area contributed by atoms with Crippen molar-refractivity contribution in [1.29, 1.82) is 0 Å². The van der Waals surface area contributed by atoms with Crippen LogP contribution in [0.4, 0.5) is 0 Å². The number of carbonyl (C=O) groups is 1. The van der Waals surface area contributed by atoms with Gasteiger partial charge in [0, 0.05) is 18.5 Å². The molecule has 3 heterocycles. The van der Waals surface area contributed by atoms with Gasteiger partial charge in [0.05, 0.1) is 51.3 Å². The van der Waals surface area contributed by atoms with Gasteiger partial charge in [0.2, 0.25) is 5.76 Å². The molecule has 1 aliphatic heterocycles. The Kier molecular flexibility index (Phi) is 4.60. The first-order valence-electron chi connectivity index (χ1n) is 9.16. The van der Waals surface area contributed by atoms with Crippen LogP contribution < -0.4 is 15.1 Å². The number of benzene rings is 1. The van der Waals surface area contributed by atoms with Crippen LogP contribution in [0.15, 0.2) is 51.9 Å². The van der Waals surface area contributed by atoms with Crippen molar-refractivity contribution < 1.29 is 18.8 Å². The summed E-state index contributed by atoms with van der Waals surface area (Å²) in [5, 5.41) is 0.437. The van der Waals surface area contributed by atoms with E-state index >= 15 is 0 Å². The summed E-state index contributed by atoms with van der Waals surface area (Å²) in [5.74, 6) is 0.418. The maximum atomic E-state index is 13.3. The number of quaternary nitrogens is 1. The molecule has 1 aromatic carbocycles. The second kappa shape index (κ2) is 7.09. The number of methoxy groups -OCH3 is 1. The third-order valence-electron chi connectivity index (χ3n) is 5.05. The molecule has 2 aromatic heterocycles. The number of rotatable bonds is 5. The van der Waals surface area contributed by atoms with Crippen molar-refractivity contribution in [1.82, 2.24) is 9.88 Å². The maximum Gasteiger partial charge on any atom is 0.291 e. The molecule has 3 aromatic rings. The Morgan fingerprint density at radius 1 is 1.18 bits per heavy atom. The Bertz CT molecular complexity index is 1090. The van der Waals surface area contributed by atoms with Crippen molar-refractivity contribution >= 4 is 16.9 Å². The molecule has 0 unspecified atom stereocenters. The van der Waals surface area contributed by atoms with Gasteiger partial charge in [-0.1, -0.05) is 0 Å². The van der Waals surface area contributed by atoms with Crippen molar-refractivity contribution in [3.63, 3.8) is 0 Å². The lowest BCUT2D eigenvalue weighted by atomic mass is 9.99. The van der Waals surface area contributed by atoms with Crippen LogP contribution in [0, 0.1) is 0 Å². The number of nitrogens with zero attached hydrogens (tertiary/aromatic N) is 2. The summed E-state index contributed by atoms with van der Waals surface area (Å²) in [6.45, 7) is 1.26. The van der Waals surface area contributed by atoms with Gasteiger partial charge in [-0.15, -0.1) is 0 Å².